The smallest absolute Gasteiger partial charge is 0.312 e. The minimum atomic E-state index is -1.90. The lowest BCUT2D eigenvalue weighted by atomic mass is 9.61. The first-order valence-electron chi connectivity index (χ1n) is 10.7. The third kappa shape index (κ3) is 2.94. The molecule has 1 aliphatic heterocycles. The van der Waals surface area contributed by atoms with Crippen LogP contribution >= 0.6 is 11.6 Å². The predicted molar refractivity (Wildman–Crippen MR) is 130 cm³/mol. The van der Waals surface area contributed by atoms with Crippen LogP contribution < -0.4 is 10.5 Å². The van der Waals surface area contributed by atoms with Crippen LogP contribution in [0.15, 0.2) is 95.7 Å². The van der Waals surface area contributed by atoms with Gasteiger partial charge in [0, 0.05) is 26.6 Å². The van der Waals surface area contributed by atoms with Gasteiger partial charge in [-0.1, -0.05) is 72.3 Å². The van der Waals surface area contributed by atoms with Crippen molar-refractivity contribution in [2.45, 2.75) is 24.5 Å². The second kappa shape index (κ2) is 8.05. The van der Waals surface area contributed by atoms with E-state index in [0.29, 0.717) is 33.0 Å². The average molecular weight is 470 g/mol. The van der Waals surface area contributed by atoms with E-state index >= 15 is 0 Å². The Labute approximate surface area is 201 Å². The molecule has 3 aromatic rings. The molecule has 2 aliphatic rings. The number of nitriles is 1. The molecule has 0 saturated heterocycles. The fourth-order valence-electron chi connectivity index (χ4n) is 5.32. The summed E-state index contributed by atoms with van der Waals surface area (Å²) in [6, 6.07) is 25.5. The summed E-state index contributed by atoms with van der Waals surface area (Å²) < 4.78 is 6.32. The van der Waals surface area contributed by atoms with Gasteiger partial charge < -0.3 is 10.5 Å². The minimum absolute atomic E-state index is 0.0803. The molecule has 0 bridgehead atoms. The van der Waals surface area contributed by atoms with Crippen molar-refractivity contribution < 1.29 is 9.66 Å². The largest absolute Gasteiger partial charge is 0.477 e. The summed E-state index contributed by atoms with van der Waals surface area (Å²) >= 11 is 6.09. The maximum absolute atomic E-state index is 13.1. The summed E-state index contributed by atoms with van der Waals surface area (Å²) in [7, 11) is 0. The van der Waals surface area contributed by atoms with Gasteiger partial charge in [0.15, 0.2) is 0 Å². The van der Waals surface area contributed by atoms with Crippen molar-refractivity contribution in [3.8, 4) is 11.8 Å². The summed E-state index contributed by atoms with van der Waals surface area (Å²) in [5, 5.41) is 23.8. The molecule has 0 aromatic heterocycles. The van der Waals surface area contributed by atoms with Crippen LogP contribution in [0.25, 0.3) is 5.57 Å². The molecule has 0 saturated carbocycles. The van der Waals surface area contributed by atoms with Gasteiger partial charge in [-0.25, -0.2) is 0 Å². The van der Waals surface area contributed by atoms with E-state index in [1.54, 1.807) is 48.5 Å². The van der Waals surface area contributed by atoms with Crippen molar-refractivity contribution in [2.24, 2.45) is 5.73 Å². The van der Waals surface area contributed by atoms with E-state index in [0.717, 1.165) is 5.56 Å². The quantitative estimate of drug-likeness (QED) is 0.386. The van der Waals surface area contributed by atoms with E-state index in [1.807, 2.05) is 37.3 Å². The molecular formula is C27H20ClN3O3. The molecule has 0 unspecified atom stereocenters. The van der Waals surface area contributed by atoms with Gasteiger partial charge in [0.05, 0.1) is 11.5 Å². The summed E-state index contributed by atoms with van der Waals surface area (Å²) in [4.78, 5) is 12.7. The molecule has 6 nitrogen and oxygen atoms in total. The van der Waals surface area contributed by atoms with E-state index in [1.165, 1.54) is 0 Å². The molecule has 1 aliphatic carbocycles. The van der Waals surface area contributed by atoms with Crippen molar-refractivity contribution in [1.82, 2.24) is 0 Å². The van der Waals surface area contributed by atoms with Gasteiger partial charge in [0.1, 0.15) is 17.5 Å². The van der Waals surface area contributed by atoms with E-state index in [2.05, 4.69) is 6.07 Å². The summed E-state index contributed by atoms with van der Waals surface area (Å²) in [6.45, 7) is 1.83. The van der Waals surface area contributed by atoms with Gasteiger partial charge in [-0.2, -0.15) is 5.26 Å². The second-order valence-electron chi connectivity index (χ2n) is 8.43. The Morgan fingerprint density at radius 1 is 1.06 bits per heavy atom. The van der Waals surface area contributed by atoms with Crippen LogP contribution in [0.4, 0.5) is 0 Å². The molecule has 0 amide bonds. The number of benzene rings is 3. The molecule has 0 fully saturated rings. The number of allylic oxidation sites excluding steroid dienone is 2. The summed E-state index contributed by atoms with van der Waals surface area (Å²) in [6.07, 6.45) is -1.03. The molecule has 0 spiro atoms. The molecule has 1 heterocycles. The number of nitrogens with zero attached hydrogens (tertiary/aromatic N) is 2. The zero-order chi connectivity index (χ0) is 24.0. The first-order valence-corrected chi connectivity index (χ1v) is 11.1. The summed E-state index contributed by atoms with van der Waals surface area (Å²) in [5.74, 6) is -0.192. The van der Waals surface area contributed by atoms with Crippen LogP contribution in [-0.2, 0) is 0 Å². The molecule has 3 atom stereocenters. The van der Waals surface area contributed by atoms with Crippen LogP contribution in [0.2, 0.25) is 5.02 Å². The lowest BCUT2D eigenvalue weighted by Crippen LogP contribution is -2.59. The highest BCUT2D eigenvalue weighted by atomic mass is 35.5. The van der Waals surface area contributed by atoms with E-state index in [9.17, 15) is 15.4 Å². The number of halogens is 1. The van der Waals surface area contributed by atoms with Crippen LogP contribution in [0, 0.1) is 21.4 Å². The fourth-order valence-corrected chi connectivity index (χ4v) is 5.45. The number of ether oxygens (including phenoxy) is 1. The standard InChI is InChI=1S/C27H20ClN3O3/c1-16-23(17-11-13-19(28)14-12-17)21(15-29)25(30)27(31(32)33)24(16)20-9-5-6-10-22(20)34-26(27)18-7-3-2-4-8-18/h2-14,24,26H,30H2,1H3/t24-,26+,27-/m1/s1. The minimum Gasteiger partial charge on any atom is -0.477 e. The zero-order valence-electron chi connectivity index (χ0n) is 18.2. The number of nitro groups is 1. The van der Waals surface area contributed by atoms with Crippen LogP contribution in [-0.4, -0.2) is 10.5 Å². The van der Waals surface area contributed by atoms with Crippen molar-refractivity contribution in [3.63, 3.8) is 0 Å². The van der Waals surface area contributed by atoms with Crippen molar-refractivity contribution in [1.29, 1.82) is 5.26 Å². The maximum atomic E-state index is 13.1. The van der Waals surface area contributed by atoms with Gasteiger partial charge in [-0.05, 0) is 36.3 Å². The van der Waals surface area contributed by atoms with Crippen molar-refractivity contribution in [2.75, 3.05) is 0 Å². The average Bonchev–Trinajstić information content (AvgIpc) is 2.86. The molecule has 0 radical (unpaired) electrons. The Kier molecular flexibility index (Phi) is 5.15. The Balaban J connectivity index is 1.89. The molecule has 5 rings (SSSR count). The van der Waals surface area contributed by atoms with Crippen LogP contribution in [0.3, 0.4) is 0 Å². The molecule has 7 heteroatoms. The number of hydrogen-bond donors (Lipinski definition) is 1. The molecule has 34 heavy (non-hydrogen) atoms. The second-order valence-corrected chi connectivity index (χ2v) is 8.86. The van der Waals surface area contributed by atoms with E-state index in [-0.39, 0.29) is 16.2 Å². The predicted octanol–water partition coefficient (Wildman–Crippen LogP) is 5.80. The molecular weight excluding hydrogens is 450 g/mol. The number of nitrogens with two attached hydrogens (primary N) is 1. The maximum Gasteiger partial charge on any atom is 0.312 e. The third-order valence-corrected chi connectivity index (χ3v) is 6.99. The van der Waals surface area contributed by atoms with E-state index in [4.69, 9.17) is 22.1 Å². The lowest BCUT2D eigenvalue weighted by molar-refractivity contribution is -0.576. The molecule has 168 valence electrons. The van der Waals surface area contributed by atoms with Gasteiger partial charge in [-0.15, -0.1) is 0 Å². The van der Waals surface area contributed by atoms with Crippen molar-refractivity contribution >= 4 is 17.2 Å². The fraction of sp³-hybridized carbons (Fsp3) is 0.148. The molecule has 2 N–H and O–H groups in total. The topological polar surface area (TPSA) is 102 Å². The Morgan fingerprint density at radius 3 is 2.35 bits per heavy atom. The van der Waals surface area contributed by atoms with E-state index < -0.39 is 17.6 Å². The third-order valence-electron chi connectivity index (χ3n) is 6.74. The Morgan fingerprint density at radius 2 is 1.71 bits per heavy atom. The number of para-hydroxylation sites is 1. The Hall–Kier alpha value is -4.08. The highest BCUT2D eigenvalue weighted by Gasteiger charge is 2.67. The SMILES string of the molecule is CC1=C(c2ccc(Cl)cc2)C(C#N)=C(N)[C@]2([N+](=O)[O-])[C@H]1c1ccccc1O[C@H]2c1ccccc1. The first kappa shape index (κ1) is 21.7. The van der Waals surface area contributed by atoms with Crippen LogP contribution in [0.1, 0.15) is 35.6 Å². The lowest BCUT2D eigenvalue weighted by Gasteiger charge is -2.46. The zero-order valence-corrected chi connectivity index (χ0v) is 19.0. The first-order chi connectivity index (χ1) is 16.4. The number of rotatable bonds is 3. The van der Waals surface area contributed by atoms with Gasteiger partial charge in [0.25, 0.3) is 0 Å². The Bertz CT molecular complexity index is 1410. The van der Waals surface area contributed by atoms with Gasteiger partial charge in [-0.3, -0.25) is 10.1 Å². The highest BCUT2D eigenvalue weighted by molar-refractivity contribution is 6.30. The monoisotopic (exact) mass is 469 g/mol. The van der Waals surface area contributed by atoms with Gasteiger partial charge in [0.2, 0.25) is 6.10 Å². The molecule has 3 aromatic carbocycles. The normalized spacial score (nSPS) is 23.4. The van der Waals surface area contributed by atoms with Crippen LogP contribution in [0.5, 0.6) is 5.75 Å². The summed E-state index contributed by atoms with van der Waals surface area (Å²) in [5.41, 5.74) is 7.99. The number of hydrogen-bond acceptors (Lipinski definition) is 5. The highest BCUT2D eigenvalue weighted by Crippen LogP contribution is 2.59. The number of fused-ring (bicyclic) bond motifs is 3. The van der Waals surface area contributed by atoms with Crippen molar-refractivity contribution in [3.05, 3.63) is 128 Å². The van der Waals surface area contributed by atoms with Gasteiger partial charge >= 0.3 is 5.54 Å².